The highest BCUT2D eigenvalue weighted by molar-refractivity contribution is 5.86. The summed E-state index contributed by atoms with van der Waals surface area (Å²) >= 11 is 0. The van der Waals surface area contributed by atoms with Gasteiger partial charge in [-0.25, -0.2) is 0 Å². The Labute approximate surface area is 36.1 Å². The van der Waals surface area contributed by atoms with Gasteiger partial charge < -0.3 is 5.11 Å². The van der Waals surface area contributed by atoms with Crippen molar-refractivity contribution in [3.8, 4) is 0 Å². The summed E-state index contributed by atoms with van der Waals surface area (Å²) in [6, 6.07) is 0. The molecule has 2 heteroatoms. The molecule has 0 aromatic rings. The van der Waals surface area contributed by atoms with Crippen molar-refractivity contribution in [3.05, 3.63) is 12.3 Å². The van der Waals surface area contributed by atoms with Crippen LogP contribution < -0.4 is 0 Å². The van der Waals surface area contributed by atoms with Gasteiger partial charge in [0.2, 0.25) is 0 Å². The van der Waals surface area contributed by atoms with Gasteiger partial charge in [-0.2, -0.15) is 0 Å². The molecule has 0 spiro atoms. The molecule has 0 unspecified atom stereocenters. The van der Waals surface area contributed by atoms with E-state index in [4.69, 9.17) is 5.11 Å². The van der Waals surface area contributed by atoms with Crippen molar-refractivity contribution in [1.29, 1.82) is 0 Å². The van der Waals surface area contributed by atoms with Gasteiger partial charge in [-0.3, -0.25) is 4.79 Å². The fourth-order valence-corrected chi connectivity index (χ4v) is 0.105. The molecule has 0 radical (unpaired) electrons. The average molecular weight is 86.1 g/mol. The number of hydrogen-bond acceptors (Lipinski definition) is 2. The number of ketones is 1. The van der Waals surface area contributed by atoms with Crippen LogP contribution in [0.25, 0.3) is 0 Å². The zero-order valence-electron chi connectivity index (χ0n) is 3.51. The molecule has 2 nitrogen and oxygen atoms in total. The van der Waals surface area contributed by atoms with Gasteiger partial charge in [0, 0.05) is 6.08 Å². The summed E-state index contributed by atoms with van der Waals surface area (Å²) in [6.07, 6.45) is 1.81. The number of aliphatic hydroxyl groups is 1. The van der Waals surface area contributed by atoms with Gasteiger partial charge in [-0.15, -0.1) is 0 Å². The molecule has 0 bridgehead atoms. The van der Waals surface area contributed by atoms with Gasteiger partial charge in [-0.05, 0) is 6.92 Å². The van der Waals surface area contributed by atoms with Crippen LogP contribution in [0.15, 0.2) is 12.3 Å². The topological polar surface area (TPSA) is 37.3 Å². The van der Waals surface area contributed by atoms with Gasteiger partial charge >= 0.3 is 0 Å². The fraction of sp³-hybridized carbons (Fsp3) is 0.250. The van der Waals surface area contributed by atoms with Crippen molar-refractivity contribution in [2.45, 2.75) is 6.92 Å². The van der Waals surface area contributed by atoms with E-state index in [-0.39, 0.29) is 5.78 Å². The monoisotopic (exact) mass is 86.0 g/mol. The van der Waals surface area contributed by atoms with E-state index in [1.165, 1.54) is 6.92 Å². The first kappa shape index (κ1) is 5.21. The molecule has 0 aliphatic carbocycles. The maximum absolute atomic E-state index is 9.80. The van der Waals surface area contributed by atoms with Crippen molar-refractivity contribution >= 4 is 5.78 Å². The summed E-state index contributed by atoms with van der Waals surface area (Å²) in [5.74, 6) is -0.141. The summed E-state index contributed by atoms with van der Waals surface area (Å²) in [7, 11) is 0. The second-order valence-electron chi connectivity index (χ2n) is 0.926. The second kappa shape index (κ2) is 2.45. The van der Waals surface area contributed by atoms with Gasteiger partial charge in [-0.1, -0.05) is 0 Å². The van der Waals surface area contributed by atoms with E-state index >= 15 is 0 Å². The Bertz CT molecular complexity index is 73.6. The lowest BCUT2D eigenvalue weighted by atomic mass is 10.4. The molecular weight excluding hydrogens is 80.0 g/mol. The summed E-state index contributed by atoms with van der Waals surface area (Å²) < 4.78 is 0. The smallest absolute Gasteiger partial charge is 0.155 e. The Morgan fingerprint density at radius 3 is 2.33 bits per heavy atom. The molecule has 6 heavy (non-hydrogen) atoms. The lowest BCUT2D eigenvalue weighted by Gasteiger charge is -1.68. The maximum Gasteiger partial charge on any atom is 0.155 e. The van der Waals surface area contributed by atoms with Crippen molar-refractivity contribution < 1.29 is 9.90 Å². The molecule has 0 heterocycles. The van der Waals surface area contributed by atoms with Gasteiger partial charge in [0.15, 0.2) is 5.78 Å². The number of allylic oxidation sites excluding steroid dienone is 1. The Morgan fingerprint density at radius 1 is 1.83 bits per heavy atom. The molecule has 34 valence electrons. The average Bonchev–Trinajstić information content (AvgIpc) is 1.35. The van der Waals surface area contributed by atoms with Gasteiger partial charge in [0.05, 0.1) is 6.26 Å². The summed E-state index contributed by atoms with van der Waals surface area (Å²) in [6.45, 7) is 1.37. The van der Waals surface area contributed by atoms with Crippen LogP contribution in [0.1, 0.15) is 6.92 Å². The first-order valence-electron chi connectivity index (χ1n) is 1.58. The maximum atomic E-state index is 9.80. The minimum absolute atomic E-state index is 0.141. The van der Waals surface area contributed by atoms with Gasteiger partial charge in [0.1, 0.15) is 0 Å². The van der Waals surface area contributed by atoms with Crippen LogP contribution in [0, 0.1) is 0 Å². The van der Waals surface area contributed by atoms with Crippen LogP contribution in [0.3, 0.4) is 0 Å². The highest BCUT2D eigenvalue weighted by atomic mass is 16.2. The van der Waals surface area contributed by atoms with Crippen LogP contribution in [0.2, 0.25) is 0 Å². The zero-order chi connectivity index (χ0) is 4.99. The molecule has 0 rings (SSSR count). The lowest BCUT2D eigenvalue weighted by Crippen LogP contribution is -1.77. The van der Waals surface area contributed by atoms with Crippen molar-refractivity contribution in [2.24, 2.45) is 0 Å². The van der Waals surface area contributed by atoms with Crippen LogP contribution in [0.4, 0.5) is 0 Å². The molecule has 0 atom stereocenters. The Morgan fingerprint density at radius 2 is 2.33 bits per heavy atom. The predicted molar refractivity (Wildman–Crippen MR) is 22.4 cm³/mol. The van der Waals surface area contributed by atoms with Crippen LogP contribution >= 0.6 is 0 Å². The van der Waals surface area contributed by atoms with Gasteiger partial charge in [0.25, 0.3) is 0 Å². The summed E-state index contributed by atoms with van der Waals surface area (Å²) in [4.78, 5) is 9.80. The van der Waals surface area contributed by atoms with Crippen LogP contribution in [0.5, 0.6) is 0 Å². The van der Waals surface area contributed by atoms with E-state index in [0.29, 0.717) is 0 Å². The number of hydrogen-bond donors (Lipinski definition) is 1. The Balaban J connectivity index is 3.30. The normalized spacial score (nSPS) is 9.50. The molecule has 0 saturated heterocycles. The Kier molecular flexibility index (Phi) is 2.13. The molecule has 0 aromatic carbocycles. The zero-order valence-corrected chi connectivity index (χ0v) is 3.51. The third kappa shape index (κ3) is 3.21. The van der Waals surface area contributed by atoms with Crippen LogP contribution in [-0.4, -0.2) is 10.9 Å². The number of aliphatic hydroxyl groups excluding tert-OH is 1. The summed E-state index contributed by atoms with van der Waals surface area (Å²) in [5.41, 5.74) is 0. The SMILES string of the molecule is CC(=O)/C=C\O. The molecule has 0 aliphatic rings. The molecule has 0 fully saturated rings. The molecule has 0 amide bonds. The fourth-order valence-electron chi connectivity index (χ4n) is 0.105. The second-order valence-corrected chi connectivity index (χ2v) is 0.926. The predicted octanol–water partition coefficient (Wildman–Crippen LogP) is 0.647. The van der Waals surface area contributed by atoms with Crippen molar-refractivity contribution in [3.63, 3.8) is 0 Å². The van der Waals surface area contributed by atoms with Crippen molar-refractivity contribution in [1.82, 2.24) is 0 Å². The minimum Gasteiger partial charge on any atom is -0.515 e. The first-order valence-corrected chi connectivity index (χ1v) is 1.58. The third-order valence-electron chi connectivity index (χ3n) is 0.309. The van der Waals surface area contributed by atoms with E-state index < -0.39 is 0 Å². The van der Waals surface area contributed by atoms with Crippen LogP contribution in [-0.2, 0) is 4.79 Å². The molecule has 0 saturated carbocycles. The largest absolute Gasteiger partial charge is 0.515 e. The minimum atomic E-state index is -0.141. The lowest BCUT2D eigenvalue weighted by molar-refractivity contribution is -0.112. The molecule has 0 aliphatic heterocycles. The molecule has 0 aromatic heterocycles. The van der Waals surface area contributed by atoms with E-state index in [9.17, 15) is 4.79 Å². The Hall–Kier alpha value is -0.790. The van der Waals surface area contributed by atoms with E-state index in [2.05, 4.69) is 0 Å². The van der Waals surface area contributed by atoms with Crippen molar-refractivity contribution in [2.75, 3.05) is 0 Å². The van der Waals surface area contributed by atoms with E-state index in [0.717, 1.165) is 12.3 Å². The number of carbonyl (C=O) groups excluding carboxylic acids is 1. The standard InChI is InChI=1S/C4H6O2/c1-4(6)2-3-5/h2-3,5H,1H3/b3-2-. The quantitative estimate of drug-likeness (QED) is 0.375. The molecular formula is C4H6O2. The third-order valence-corrected chi connectivity index (χ3v) is 0.309. The highest BCUT2D eigenvalue weighted by Crippen LogP contribution is 1.66. The molecule has 1 N–H and O–H groups in total. The van der Waals surface area contributed by atoms with E-state index in [1.54, 1.807) is 0 Å². The number of carbonyl (C=O) groups is 1. The first-order chi connectivity index (χ1) is 2.77. The number of rotatable bonds is 1. The highest BCUT2D eigenvalue weighted by Gasteiger charge is 1.74. The summed E-state index contributed by atoms with van der Waals surface area (Å²) in [5, 5.41) is 7.84. The van der Waals surface area contributed by atoms with E-state index in [1.807, 2.05) is 0 Å².